The summed E-state index contributed by atoms with van der Waals surface area (Å²) in [5.41, 5.74) is 0. The van der Waals surface area contributed by atoms with Gasteiger partial charge >= 0.3 is 0 Å². The van der Waals surface area contributed by atoms with Crippen molar-refractivity contribution in [1.29, 1.82) is 0 Å². The molecule has 0 rings (SSSR count). The van der Waals surface area contributed by atoms with Crippen LogP contribution < -0.4 is 0 Å². The molecule has 0 saturated carbocycles. The molecule has 0 N–H and O–H groups in total. The second-order valence-electron chi connectivity index (χ2n) is 2.61. The molecule has 0 amide bonds. The first-order valence-electron chi connectivity index (χ1n) is 2.36. The highest BCUT2D eigenvalue weighted by Crippen LogP contribution is 1.83. The molecule has 0 fully saturated rings. The third kappa shape index (κ3) is 32.3. The number of hydrogen-bond donors (Lipinski definition) is 0. The molecule has 0 heterocycles. The SMILES string of the molecule is C.C.C.CC[N+](C)(C)C. The maximum atomic E-state index is 2.18. The second-order valence-corrected chi connectivity index (χ2v) is 2.61. The molecule has 0 aliphatic heterocycles. The van der Waals surface area contributed by atoms with Crippen molar-refractivity contribution in [3.63, 3.8) is 0 Å². The zero-order chi connectivity index (χ0) is 5.21. The molecule has 0 aliphatic rings. The molecule has 0 atom stereocenters. The van der Waals surface area contributed by atoms with Gasteiger partial charge in [0.15, 0.2) is 0 Å². The average Bonchev–Trinajstić information content (AvgIpc) is 1.35. The summed E-state index contributed by atoms with van der Waals surface area (Å²) in [6.07, 6.45) is 0. The van der Waals surface area contributed by atoms with Crippen LogP contribution in [0.15, 0.2) is 0 Å². The minimum Gasteiger partial charge on any atom is -0.331 e. The standard InChI is InChI=1S/C5H14N.3CH4/c1-5-6(2,3)4;;;/h5H2,1-4H3;3*1H4/q+1;;;. The minimum atomic E-state index is 0. The monoisotopic (exact) mass is 136 g/mol. The van der Waals surface area contributed by atoms with Crippen LogP contribution in [0.3, 0.4) is 0 Å². The molecule has 1 nitrogen and oxygen atoms in total. The first-order chi connectivity index (χ1) is 2.56. The van der Waals surface area contributed by atoms with Gasteiger partial charge in [-0.1, -0.05) is 22.3 Å². The van der Waals surface area contributed by atoms with Gasteiger partial charge in [-0.05, 0) is 6.92 Å². The van der Waals surface area contributed by atoms with Crippen molar-refractivity contribution >= 4 is 0 Å². The van der Waals surface area contributed by atoms with Crippen LogP contribution in [-0.4, -0.2) is 32.2 Å². The minimum absolute atomic E-state index is 0. The summed E-state index contributed by atoms with van der Waals surface area (Å²) in [4.78, 5) is 0. The van der Waals surface area contributed by atoms with Crippen molar-refractivity contribution in [2.75, 3.05) is 27.7 Å². The van der Waals surface area contributed by atoms with Crippen molar-refractivity contribution in [3.05, 3.63) is 0 Å². The highest BCUT2D eigenvalue weighted by Gasteiger charge is 1.97. The fourth-order valence-corrected chi connectivity index (χ4v) is 0. The van der Waals surface area contributed by atoms with E-state index in [4.69, 9.17) is 0 Å². The Balaban J connectivity index is -0.0000000417. The van der Waals surface area contributed by atoms with E-state index in [2.05, 4.69) is 28.1 Å². The molecule has 0 aliphatic carbocycles. The van der Waals surface area contributed by atoms with Gasteiger partial charge in [-0.15, -0.1) is 0 Å². The van der Waals surface area contributed by atoms with Crippen molar-refractivity contribution in [3.8, 4) is 0 Å². The summed E-state index contributed by atoms with van der Waals surface area (Å²) in [7, 11) is 6.54. The van der Waals surface area contributed by atoms with Crippen LogP contribution in [0, 0.1) is 0 Å². The molecular formula is C8H26N+. The zero-order valence-electron chi connectivity index (χ0n) is 5.15. The van der Waals surface area contributed by atoms with E-state index in [-0.39, 0.29) is 22.3 Å². The molecule has 9 heavy (non-hydrogen) atoms. The lowest BCUT2D eigenvalue weighted by Crippen LogP contribution is -2.33. The molecule has 62 valence electrons. The summed E-state index contributed by atoms with van der Waals surface area (Å²) in [6.45, 7) is 3.39. The van der Waals surface area contributed by atoms with Crippen molar-refractivity contribution < 1.29 is 4.48 Å². The van der Waals surface area contributed by atoms with E-state index in [9.17, 15) is 0 Å². The first-order valence-corrected chi connectivity index (χ1v) is 2.36. The quantitative estimate of drug-likeness (QED) is 0.486. The first kappa shape index (κ1) is 23.1. The average molecular weight is 136 g/mol. The Kier molecular flexibility index (Phi) is 20.4. The molecule has 0 unspecified atom stereocenters. The topological polar surface area (TPSA) is 0 Å². The fourth-order valence-electron chi connectivity index (χ4n) is 0. The highest BCUT2D eigenvalue weighted by molar-refractivity contribution is 4.06. The largest absolute Gasteiger partial charge is 0.331 e. The van der Waals surface area contributed by atoms with Gasteiger partial charge in [0.25, 0.3) is 0 Å². The lowest BCUT2D eigenvalue weighted by Gasteiger charge is -2.20. The Bertz CT molecular complexity index is 34.3. The van der Waals surface area contributed by atoms with E-state index in [1.54, 1.807) is 0 Å². The molecule has 1 heteroatoms. The van der Waals surface area contributed by atoms with Gasteiger partial charge in [0.05, 0.1) is 27.7 Å². The van der Waals surface area contributed by atoms with E-state index in [0.717, 1.165) is 4.48 Å². The van der Waals surface area contributed by atoms with Gasteiger partial charge in [-0.3, -0.25) is 0 Å². The van der Waals surface area contributed by atoms with Crippen molar-refractivity contribution in [2.24, 2.45) is 0 Å². The van der Waals surface area contributed by atoms with E-state index < -0.39 is 0 Å². The summed E-state index contributed by atoms with van der Waals surface area (Å²) in [6, 6.07) is 0. The molecular weight excluding hydrogens is 110 g/mol. The van der Waals surface area contributed by atoms with Crippen molar-refractivity contribution in [2.45, 2.75) is 29.2 Å². The Morgan fingerprint density at radius 2 is 1.00 bits per heavy atom. The van der Waals surface area contributed by atoms with Gasteiger partial charge < -0.3 is 4.48 Å². The molecule has 0 radical (unpaired) electrons. The van der Waals surface area contributed by atoms with Crippen LogP contribution in [0.2, 0.25) is 0 Å². The number of hydrogen-bond acceptors (Lipinski definition) is 0. The predicted molar refractivity (Wildman–Crippen MR) is 48.8 cm³/mol. The lowest BCUT2D eigenvalue weighted by atomic mass is 10.6. The Morgan fingerprint density at radius 1 is 0.889 bits per heavy atom. The molecule has 0 aromatic carbocycles. The summed E-state index contributed by atoms with van der Waals surface area (Å²) in [5.74, 6) is 0. The van der Waals surface area contributed by atoms with E-state index in [0.29, 0.717) is 0 Å². The van der Waals surface area contributed by atoms with Crippen LogP contribution in [0.5, 0.6) is 0 Å². The van der Waals surface area contributed by atoms with Crippen LogP contribution in [0.25, 0.3) is 0 Å². The van der Waals surface area contributed by atoms with Gasteiger partial charge in [0.2, 0.25) is 0 Å². The molecule has 0 saturated heterocycles. The lowest BCUT2D eigenvalue weighted by molar-refractivity contribution is -0.868. The fraction of sp³-hybridized carbons (Fsp3) is 1.00. The molecule has 0 aromatic heterocycles. The Hall–Kier alpha value is -0.0400. The normalized spacial score (nSPS) is 8.00. The smallest absolute Gasteiger partial charge is 0.0751 e. The molecule has 0 bridgehead atoms. The van der Waals surface area contributed by atoms with E-state index >= 15 is 0 Å². The Morgan fingerprint density at radius 3 is 1.00 bits per heavy atom. The molecule has 0 aromatic rings. The number of quaternary nitrogens is 1. The number of rotatable bonds is 1. The van der Waals surface area contributed by atoms with Crippen LogP contribution in [0.4, 0.5) is 0 Å². The van der Waals surface area contributed by atoms with Crippen molar-refractivity contribution in [1.82, 2.24) is 0 Å². The highest BCUT2D eigenvalue weighted by atomic mass is 15.3. The predicted octanol–water partition coefficient (Wildman–Crippen LogP) is 2.62. The maximum absolute atomic E-state index is 2.18. The van der Waals surface area contributed by atoms with Crippen LogP contribution >= 0.6 is 0 Å². The summed E-state index contributed by atoms with van der Waals surface area (Å²) < 4.78 is 1.07. The third-order valence-electron chi connectivity index (χ3n) is 0.949. The van der Waals surface area contributed by atoms with Gasteiger partial charge in [-0.25, -0.2) is 0 Å². The third-order valence-corrected chi connectivity index (χ3v) is 0.949. The summed E-state index contributed by atoms with van der Waals surface area (Å²) in [5, 5.41) is 0. The summed E-state index contributed by atoms with van der Waals surface area (Å²) >= 11 is 0. The maximum Gasteiger partial charge on any atom is 0.0751 e. The second kappa shape index (κ2) is 7.96. The zero-order valence-corrected chi connectivity index (χ0v) is 5.15. The van der Waals surface area contributed by atoms with E-state index in [1.165, 1.54) is 6.54 Å². The Labute approximate surface area is 62.3 Å². The van der Waals surface area contributed by atoms with Gasteiger partial charge in [0.1, 0.15) is 0 Å². The van der Waals surface area contributed by atoms with Gasteiger partial charge in [-0.2, -0.15) is 0 Å². The van der Waals surface area contributed by atoms with Crippen LogP contribution in [0.1, 0.15) is 29.2 Å². The van der Waals surface area contributed by atoms with Crippen LogP contribution in [-0.2, 0) is 0 Å². The molecule has 0 spiro atoms. The number of nitrogens with zero attached hydrogens (tertiary/aromatic N) is 1. The van der Waals surface area contributed by atoms with Gasteiger partial charge in [0, 0.05) is 0 Å². The van der Waals surface area contributed by atoms with E-state index in [1.807, 2.05) is 0 Å².